The minimum atomic E-state index is -1.88. The van der Waals surface area contributed by atoms with Gasteiger partial charge in [0.1, 0.15) is 5.75 Å². The SMILES string of the molecule is CCCCn1c(=O)n(OC(C(=O)Nc2cc(NC(=O)C(C)CC)ccc2OC)C(=O)C(C)(C)C)c(=O)n1-c1ccccc1. The van der Waals surface area contributed by atoms with E-state index in [-0.39, 0.29) is 29.8 Å². The van der Waals surface area contributed by atoms with Crippen molar-refractivity contribution < 1.29 is 24.0 Å². The summed E-state index contributed by atoms with van der Waals surface area (Å²) in [6.07, 6.45) is 0.128. The van der Waals surface area contributed by atoms with Crippen molar-refractivity contribution >= 4 is 29.0 Å². The number of benzene rings is 2. The number of anilines is 2. The molecule has 0 saturated heterocycles. The second kappa shape index (κ2) is 14.0. The smallest absolute Gasteiger partial charge is 0.385 e. The van der Waals surface area contributed by atoms with E-state index in [4.69, 9.17) is 9.57 Å². The number of carbonyl (C=O) groups excluding carboxylic acids is 3. The van der Waals surface area contributed by atoms with E-state index in [0.29, 0.717) is 28.9 Å². The van der Waals surface area contributed by atoms with Crippen molar-refractivity contribution in [2.24, 2.45) is 11.3 Å². The summed E-state index contributed by atoms with van der Waals surface area (Å²) in [4.78, 5) is 72.4. The van der Waals surface area contributed by atoms with Crippen LogP contribution in [0.4, 0.5) is 11.4 Å². The fourth-order valence-corrected chi connectivity index (χ4v) is 4.12. The van der Waals surface area contributed by atoms with Crippen LogP contribution < -0.4 is 31.6 Å². The van der Waals surface area contributed by atoms with Crippen LogP contribution in [-0.4, -0.2) is 44.9 Å². The Morgan fingerprint density at radius 3 is 2.19 bits per heavy atom. The molecule has 12 heteroatoms. The molecule has 0 aliphatic rings. The van der Waals surface area contributed by atoms with Crippen molar-refractivity contribution in [2.75, 3.05) is 17.7 Å². The standard InChI is InChI=1S/C31H41N5O7/c1-8-10-18-34-29(40)36(30(41)35(34)22-14-12-11-13-15-22)43-25(26(37)31(4,5)6)28(39)33-23-19-21(16-17-24(23)42-7)32-27(38)20(3)9-2/h11-17,19-20,25H,8-10,18H2,1-7H3,(H,32,38)(H,33,39). The van der Waals surface area contributed by atoms with Gasteiger partial charge in [0.05, 0.1) is 18.5 Å². The van der Waals surface area contributed by atoms with Gasteiger partial charge in [-0.05, 0) is 43.2 Å². The van der Waals surface area contributed by atoms with Gasteiger partial charge in [-0.3, -0.25) is 14.4 Å². The number of amides is 2. The first kappa shape index (κ1) is 32.9. The van der Waals surface area contributed by atoms with E-state index in [9.17, 15) is 24.0 Å². The first-order chi connectivity index (χ1) is 20.3. The Morgan fingerprint density at radius 2 is 1.60 bits per heavy atom. The topological polar surface area (TPSA) is 143 Å². The van der Waals surface area contributed by atoms with Gasteiger partial charge in [0.25, 0.3) is 12.0 Å². The number of hydrogen-bond donors (Lipinski definition) is 2. The Kier molecular flexibility index (Phi) is 10.7. The number of carbonyl (C=O) groups is 3. The van der Waals surface area contributed by atoms with Gasteiger partial charge in [0.15, 0.2) is 5.78 Å². The molecule has 2 aromatic carbocycles. The molecule has 0 saturated carbocycles. The Hall–Kier alpha value is -4.61. The molecule has 43 heavy (non-hydrogen) atoms. The van der Waals surface area contributed by atoms with Crippen molar-refractivity contribution in [1.82, 2.24) is 14.1 Å². The molecule has 12 nitrogen and oxygen atoms in total. The summed E-state index contributed by atoms with van der Waals surface area (Å²) in [5.41, 5.74) is -1.79. The largest absolute Gasteiger partial charge is 0.495 e. The molecule has 0 aliphatic carbocycles. The van der Waals surface area contributed by atoms with Crippen LogP contribution in [0.5, 0.6) is 5.75 Å². The molecule has 0 spiro atoms. The molecule has 1 aromatic heterocycles. The number of para-hydroxylation sites is 1. The van der Waals surface area contributed by atoms with Crippen LogP contribution in [0.3, 0.4) is 0 Å². The molecule has 2 N–H and O–H groups in total. The van der Waals surface area contributed by atoms with Gasteiger partial charge in [0.2, 0.25) is 5.91 Å². The second-order valence-electron chi connectivity index (χ2n) is 11.3. The summed E-state index contributed by atoms with van der Waals surface area (Å²) in [6.45, 7) is 10.7. The molecular formula is C31H41N5O7. The molecule has 2 atom stereocenters. The van der Waals surface area contributed by atoms with E-state index < -0.39 is 34.6 Å². The summed E-state index contributed by atoms with van der Waals surface area (Å²) in [6, 6.07) is 13.2. The lowest BCUT2D eigenvalue weighted by atomic mass is 9.87. The van der Waals surface area contributed by atoms with Crippen LogP contribution >= 0.6 is 0 Å². The zero-order valence-corrected chi connectivity index (χ0v) is 25.8. The molecule has 0 aliphatic heterocycles. The molecule has 3 rings (SSSR count). The van der Waals surface area contributed by atoms with Gasteiger partial charge in [-0.1, -0.05) is 70.9 Å². The molecule has 0 fully saturated rings. The monoisotopic (exact) mass is 595 g/mol. The second-order valence-corrected chi connectivity index (χ2v) is 11.3. The maximum Gasteiger partial charge on any atom is 0.385 e. The number of ether oxygens (including phenoxy) is 1. The minimum Gasteiger partial charge on any atom is -0.495 e. The zero-order valence-electron chi connectivity index (χ0n) is 25.8. The highest BCUT2D eigenvalue weighted by molar-refractivity contribution is 6.12. The number of rotatable bonds is 13. The van der Waals surface area contributed by atoms with Gasteiger partial charge in [-0.2, -0.15) is 4.68 Å². The number of methoxy groups -OCH3 is 1. The van der Waals surface area contributed by atoms with E-state index in [0.717, 1.165) is 6.42 Å². The van der Waals surface area contributed by atoms with Gasteiger partial charge >= 0.3 is 11.4 Å². The zero-order chi connectivity index (χ0) is 31.9. The van der Waals surface area contributed by atoms with Gasteiger partial charge < -0.3 is 20.2 Å². The van der Waals surface area contributed by atoms with Crippen molar-refractivity contribution in [3.63, 3.8) is 0 Å². The molecule has 232 valence electrons. The highest BCUT2D eigenvalue weighted by Gasteiger charge is 2.39. The van der Waals surface area contributed by atoms with E-state index in [1.165, 1.54) is 22.5 Å². The third-order valence-electron chi connectivity index (χ3n) is 6.93. The maximum absolute atomic E-state index is 13.7. The van der Waals surface area contributed by atoms with Gasteiger partial charge in [0, 0.05) is 23.6 Å². The number of aromatic nitrogens is 3. The Balaban J connectivity index is 2.05. The van der Waals surface area contributed by atoms with Crippen LogP contribution in [0.1, 0.15) is 60.8 Å². The summed E-state index contributed by atoms with van der Waals surface area (Å²) >= 11 is 0. The summed E-state index contributed by atoms with van der Waals surface area (Å²) in [7, 11) is 1.40. The number of nitrogens with one attached hydrogen (secondary N) is 2. The predicted molar refractivity (Wildman–Crippen MR) is 164 cm³/mol. The lowest BCUT2D eigenvalue weighted by Crippen LogP contribution is -2.52. The van der Waals surface area contributed by atoms with E-state index in [1.54, 1.807) is 70.2 Å². The van der Waals surface area contributed by atoms with Gasteiger partial charge in [-0.15, -0.1) is 0 Å². The lowest BCUT2D eigenvalue weighted by Gasteiger charge is -2.24. The van der Waals surface area contributed by atoms with Crippen LogP contribution in [0.2, 0.25) is 0 Å². The number of unbranched alkanes of at least 4 members (excludes halogenated alkanes) is 1. The molecule has 1 heterocycles. The van der Waals surface area contributed by atoms with E-state index in [2.05, 4.69) is 10.6 Å². The van der Waals surface area contributed by atoms with Crippen molar-refractivity contribution in [3.8, 4) is 11.4 Å². The molecule has 2 amide bonds. The van der Waals surface area contributed by atoms with Gasteiger partial charge in [-0.25, -0.2) is 14.3 Å². The van der Waals surface area contributed by atoms with E-state index in [1.807, 2.05) is 13.8 Å². The summed E-state index contributed by atoms with van der Waals surface area (Å²) in [5.74, 6) is -1.77. The van der Waals surface area contributed by atoms with E-state index >= 15 is 0 Å². The summed E-state index contributed by atoms with van der Waals surface area (Å²) < 4.78 is 8.23. The third-order valence-corrected chi connectivity index (χ3v) is 6.93. The number of nitrogens with zero attached hydrogens (tertiary/aromatic N) is 3. The first-order valence-corrected chi connectivity index (χ1v) is 14.4. The Labute approximate surface area is 250 Å². The molecule has 2 unspecified atom stereocenters. The number of Topliss-reactive ketones (excluding diaryl/α,β-unsaturated/α-hetero) is 1. The van der Waals surface area contributed by atoms with Crippen LogP contribution in [0.25, 0.3) is 5.69 Å². The third kappa shape index (κ3) is 7.62. The predicted octanol–water partition coefficient (Wildman–Crippen LogP) is 3.65. The Morgan fingerprint density at radius 1 is 0.930 bits per heavy atom. The normalized spacial score (nSPS) is 12.7. The highest BCUT2D eigenvalue weighted by atomic mass is 16.7. The maximum atomic E-state index is 13.7. The number of hydrogen-bond acceptors (Lipinski definition) is 7. The molecule has 3 aromatic rings. The fourth-order valence-electron chi connectivity index (χ4n) is 4.12. The molecule has 0 radical (unpaired) electrons. The Bertz CT molecular complexity index is 1560. The van der Waals surface area contributed by atoms with Crippen molar-refractivity contribution in [3.05, 3.63) is 69.5 Å². The fraction of sp³-hybridized carbons (Fsp3) is 0.452. The van der Waals surface area contributed by atoms with Crippen molar-refractivity contribution in [2.45, 2.75) is 73.5 Å². The van der Waals surface area contributed by atoms with Crippen LogP contribution in [0, 0.1) is 11.3 Å². The van der Waals surface area contributed by atoms with Crippen LogP contribution in [0.15, 0.2) is 58.1 Å². The molecule has 0 bridgehead atoms. The minimum absolute atomic E-state index is 0.152. The highest BCUT2D eigenvalue weighted by Crippen LogP contribution is 2.29. The number of ketones is 1. The average Bonchev–Trinajstić information content (AvgIpc) is 3.21. The first-order valence-electron chi connectivity index (χ1n) is 14.4. The van der Waals surface area contributed by atoms with Crippen LogP contribution in [-0.2, 0) is 20.9 Å². The lowest BCUT2D eigenvalue weighted by molar-refractivity contribution is -0.147. The average molecular weight is 596 g/mol. The molecular weight excluding hydrogens is 554 g/mol. The van der Waals surface area contributed by atoms with Crippen molar-refractivity contribution in [1.29, 1.82) is 0 Å². The summed E-state index contributed by atoms with van der Waals surface area (Å²) in [5, 5.41) is 5.42. The quantitative estimate of drug-likeness (QED) is 0.287.